The molecule has 1 atom stereocenters. The minimum atomic E-state index is -4.13. The molecule has 1 N–H and O–H groups in total. The highest BCUT2D eigenvalue weighted by Crippen LogP contribution is 2.26. The molecule has 1 aromatic rings. The Morgan fingerprint density at radius 1 is 1.44 bits per heavy atom. The van der Waals surface area contributed by atoms with Crippen LogP contribution in [0, 0.1) is 0 Å². The maximum absolute atomic E-state index is 12.3. The van der Waals surface area contributed by atoms with Gasteiger partial charge in [-0.2, -0.15) is 13.2 Å². The number of likely N-dealkylation sites (N-methyl/N-ethyl adjacent to an activating group) is 1. The minimum Gasteiger partial charge on any atom is -0.314 e. The van der Waals surface area contributed by atoms with Gasteiger partial charge in [0.15, 0.2) is 0 Å². The van der Waals surface area contributed by atoms with Crippen LogP contribution in [0.3, 0.4) is 0 Å². The van der Waals surface area contributed by atoms with Gasteiger partial charge in [0.05, 0.1) is 10.8 Å². The van der Waals surface area contributed by atoms with Crippen molar-refractivity contribution in [2.24, 2.45) is 0 Å². The van der Waals surface area contributed by atoms with E-state index in [2.05, 4.69) is 5.32 Å². The molecule has 0 aliphatic heterocycles. The molecular weight excluding hydrogens is 259 g/mol. The molecule has 1 nitrogen and oxygen atoms in total. The van der Waals surface area contributed by atoms with E-state index in [0.717, 1.165) is 4.88 Å². The maximum atomic E-state index is 12.3. The van der Waals surface area contributed by atoms with Crippen LogP contribution in [0.15, 0.2) is 12.1 Å². The third kappa shape index (κ3) is 5.18. The lowest BCUT2D eigenvalue weighted by atomic mass is 10.1. The highest BCUT2D eigenvalue weighted by molar-refractivity contribution is 7.16. The van der Waals surface area contributed by atoms with Gasteiger partial charge in [-0.3, -0.25) is 0 Å². The largest absolute Gasteiger partial charge is 0.390 e. The molecule has 1 aromatic heterocycles. The lowest BCUT2D eigenvalue weighted by molar-refractivity contribution is -0.139. The molecule has 1 heterocycles. The number of hydrogen-bond acceptors (Lipinski definition) is 2. The van der Waals surface area contributed by atoms with Crippen molar-refractivity contribution in [1.29, 1.82) is 0 Å². The van der Waals surface area contributed by atoms with Crippen molar-refractivity contribution in [3.8, 4) is 0 Å². The van der Waals surface area contributed by atoms with E-state index in [1.165, 1.54) is 11.3 Å². The van der Waals surface area contributed by atoms with Crippen molar-refractivity contribution < 1.29 is 13.2 Å². The maximum Gasteiger partial charge on any atom is 0.390 e. The molecule has 0 spiro atoms. The Balaban J connectivity index is 2.57. The highest BCUT2D eigenvalue weighted by atomic mass is 35.5. The van der Waals surface area contributed by atoms with Crippen LogP contribution >= 0.6 is 22.9 Å². The first-order valence-electron chi connectivity index (χ1n) is 4.95. The first-order valence-corrected chi connectivity index (χ1v) is 6.14. The summed E-state index contributed by atoms with van der Waals surface area (Å²) >= 11 is 7.06. The van der Waals surface area contributed by atoms with Crippen molar-refractivity contribution in [2.45, 2.75) is 32.0 Å². The summed E-state index contributed by atoms with van der Waals surface area (Å²) in [5.41, 5.74) is 0. The molecule has 0 aliphatic carbocycles. The first-order chi connectivity index (χ1) is 7.40. The summed E-state index contributed by atoms with van der Waals surface area (Å²) in [7, 11) is 0. The second-order valence-corrected chi connectivity index (χ2v) is 5.28. The zero-order chi connectivity index (χ0) is 12.2. The van der Waals surface area contributed by atoms with Crippen LogP contribution in [0.1, 0.15) is 18.2 Å². The van der Waals surface area contributed by atoms with Crippen LogP contribution in [0.4, 0.5) is 13.2 Å². The Labute approximate surface area is 102 Å². The highest BCUT2D eigenvalue weighted by Gasteiger charge is 2.31. The molecule has 0 saturated carbocycles. The van der Waals surface area contributed by atoms with Gasteiger partial charge in [-0.15, -0.1) is 11.3 Å². The second-order valence-electron chi connectivity index (χ2n) is 3.48. The summed E-state index contributed by atoms with van der Waals surface area (Å²) in [6.45, 7) is 2.32. The Morgan fingerprint density at radius 2 is 2.12 bits per heavy atom. The van der Waals surface area contributed by atoms with Gasteiger partial charge in [-0.1, -0.05) is 18.5 Å². The standard InChI is InChI=1S/C10H13ClF3NS/c1-2-15-7(6-10(12,13)14)5-8-3-4-9(11)16-8/h3-4,7,15H,2,5-6H2,1H3. The summed E-state index contributed by atoms with van der Waals surface area (Å²) in [5.74, 6) is 0. The molecule has 0 bridgehead atoms. The van der Waals surface area contributed by atoms with E-state index in [1.807, 2.05) is 0 Å². The van der Waals surface area contributed by atoms with Crippen LogP contribution in [0.2, 0.25) is 4.34 Å². The minimum absolute atomic E-state index is 0.366. The Morgan fingerprint density at radius 3 is 2.56 bits per heavy atom. The predicted octanol–water partition coefficient (Wildman–Crippen LogP) is 3.87. The number of hydrogen-bond donors (Lipinski definition) is 1. The molecule has 0 radical (unpaired) electrons. The van der Waals surface area contributed by atoms with E-state index in [4.69, 9.17) is 11.6 Å². The van der Waals surface area contributed by atoms with Crippen LogP contribution in [-0.4, -0.2) is 18.8 Å². The summed E-state index contributed by atoms with van der Waals surface area (Å²) in [5, 5.41) is 2.84. The van der Waals surface area contributed by atoms with E-state index >= 15 is 0 Å². The molecule has 0 aliphatic rings. The van der Waals surface area contributed by atoms with Crippen LogP contribution in [0.25, 0.3) is 0 Å². The third-order valence-electron chi connectivity index (χ3n) is 2.05. The fraction of sp³-hybridized carbons (Fsp3) is 0.600. The van der Waals surface area contributed by atoms with E-state index < -0.39 is 18.6 Å². The fourth-order valence-corrected chi connectivity index (χ4v) is 2.66. The fourth-order valence-electron chi connectivity index (χ4n) is 1.49. The van der Waals surface area contributed by atoms with Crippen LogP contribution in [-0.2, 0) is 6.42 Å². The molecule has 16 heavy (non-hydrogen) atoms. The molecule has 1 unspecified atom stereocenters. The van der Waals surface area contributed by atoms with E-state index in [1.54, 1.807) is 19.1 Å². The van der Waals surface area contributed by atoms with E-state index in [-0.39, 0.29) is 0 Å². The lowest BCUT2D eigenvalue weighted by Gasteiger charge is -2.18. The van der Waals surface area contributed by atoms with Gasteiger partial charge < -0.3 is 5.32 Å². The Kier molecular flexibility index (Phi) is 5.08. The molecule has 0 saturated heterocycles. The van der Waals surface area contributed by atoms with Crippen molar-refractivity contribution in [2.75, 3.05) is 6.54 Å². The second kappa shape index (κ2) is 5.89. The average Bonchev–Trinajstić information content (AvgIpc) is 2.48. The van der Waals surface area contributed by atoms with Gasteiger partial charge in [0.2, 0.25) is 0 Å². The number of alkyl halides is 3. The molecule has 1 rings (SSSR count). The van der Waals surface area contributed by atoms with Gasteiger partial charge in [-0.25, -0.2) is 0 Å². The lowest BCUT2D eigenvalue weighted by Crippen LogP contribution is -2.35. The van der Waals surface area contributed by atoms with Gasteiger partial charge >= 0.3 is 6.18 Å². The van der Waals surface area contributed by atoms with Crippen LogP contribution < -0.4 is 5.32 Å². The molecule has 0 fully saturated rings. The zero-order valence-electron chi connectivity index (χ0n) is 8.77. The number of thiophene rings is 1. The topological polar surface area (TPSA) is 12.0 Å². The molecule has 0 amide bonds. The number of nitrogens with one attached hydrogen (secondary N) is 1. The van der Waals surface area contributed by atoms with Crippen molar-refractivity contribution in [1.82, 2.24) is 5.32 Å². The van der Waals surface area contributed by atoms with Gasteiger partial charge in [0.1, 0.15) is 0 Å². The summed E-state index contributed by atoms with van der Waals surface area (Å²) < 4.78 is 37.4. The third-order valence-corrected chi connectivity index (χ3v) is 3.30. The quantitative estimate of drug-likeness (QED) is 0.857. The normalized spacial score (nSPS) is 14.1. The predicted molar refractivity (Wildman–Crippen MR) is 61.2 cm³/mol. The van der Waals surface area contributed by atoms with Gasteiger partial charge in [0.25, 0.3) is 0 Å². The van der Waals surface area contributed by atoms with Crippen molar-refractivity contribution >= 4 is 22.9 Å². The Bertz CT molecular complexity index is 324. The first kappa shape index (κ1) is 13.8. The number of halogens is 4. The van der Waals surface area contributed by atoms with Gasteiger partial charge in [0, 0.05) is 10.9 Å². The average molecular weight is 272 g/mol. The Hall–Kier alpha value is -0.260. The van der Waals surface area contributed by atoms with Gasteiger partial charge in [-0.05, 0) is 25.1 Å². The van der Waals surface area contributed by atoms with Crippen LogP contribution in [0.5, 0.6) is 0 Å². The summed E-state index contributed by atoms with van der Waals surface area (Å²) in [4.78, 5) is 0.875. The summed E-state index contributed by atoms with van der Waals surface area (Å²) in [6, 6.07) is 2.91. The molecule has 0 aromatic carbocycles. The molecule has 92 valence electrons. The SMILES string of the molecule is CCNC(Cc1ccc(Cl)s1)CC(F)(F)F. The molecular formula is C10H13ClF3NS. The zero-order valence-corrected chi connectivity index (χ0v) is 10.3. The molecule has 6 heteroatoms. The van der Waals surface area contributed by atoms with E-state index in [0.29, 0.717) is 17.3 Å². The van der Waals surface area contributed by atoms with Crippen molar-refractivity contribution in [3.05, 3.63) is 21.3 Å². The monoisotopic (exact) mass is 271 g/mol. The van der Waals surface area contributed by atoms with Crippen molar-refractivity contribution in [3.63, 3.8) is 0 Å². The smallest absolute Gasteiger partial charge is 0.314 e. The summed E-state index contributed by atoms with van der Waals surface area (Å²) in [6.07, 6.45) is -4.57. The number of rotatable bonds is 5. The van der Waals surface area contributed by atoms with E-state index in [9.17, 15) is 13.2 Å².